The minimum atomic E-state index is 0.509. The van der Waals surface area contributed by atoms with Crippen LogP contribution in [0.5, 0.6) is 0 Å². The van der Waals surface area contributed by atoms with Crippen LogP contribution in [0.3, 0.4) is 0 Å². The molecule has 1 nitrogen and oxygen atoms in total. The summed E-state index contributed by atoms with van der Waals surface area (Å²) < 4.78 is 0. The fourth-order valence-electron chi connectivity index (χ4n) is 3.14. The molecule has 2 atom stereocenters. The van der Waals surface area contributed by atoms with Gasteiger partial charge >= 0.3 is 0 Å². The fraction of sp³-hybridized carbons (Fsp3) is 0.625. The van der Waals surface area contributed by atoms with Gasteiger partial charge in [-0.2, -0.15) is 0 Å². The van der Waals surface area contributed by atoms with Crippen molar-refractivity contribution in [3.05, 3.63) is 28.2 Å². The summed E-state index contributed by atoms with van der Waals surface area (Å²) in [4.78, 5) is 0. The third-order valence-electron chi connectivity index (χ3n) is 3.90. The van der Waals surface area contributed by atoms with Crippen molar-refractivity contribution in [3.63, 3.8) is 0 Å². The first-order valence-corrected chi connectivity index (χ1v) is 8.02. The zero-order chi connectivity index (χ0) is 13.8. The lowest BCUT2D eigenvalue weighted by atomic mass is 9.81. The van der Waals surface area contributed by atoms with Gasteiger partial charge in [-0.15, -0.1) is 0 Å². The highest BCUT2D eigenvalue weighted by Crippen LogP contribution is 2.35. The summed E-state index contributed by atoms with van der Waals surface area (Å²) in [6, 6.07) is 6.18. The highest BCUT2D eigenvalue weighted by atomic mass is 35.5. The van der Waals surface area contributed by atoms with Crippen molar-refractivity contribution in [1.29, 1.82) is 0 Å². The molecule has 1 fully saturated rings. The van der Waals surface area contributed by atoms with Crippen LogP contribution < -0.4 is 5.32 Å². The highest BCUT2D eigenvalue weighted by molar-refractivity contribution is 6.39. The van der Waals surface area contributed by atoms with Crippen LogP contribution in [0.2, 0.25) is 10.0 Å². The zero-order valence-corrected chi connectivity index (χ0v) is 13.3. The lowest BCUT2D eigenvalue weighted by Gasteiger charge is -2.31. The molecule has 106 valence electrons. The maximum Gasteiger partial charge on any atom is 0.0721 e. The fourth-order valence-corrected chi connectivity index (χ4v) is 3.65. The van der Waals surface area contributed by atoms with E-state index in [2.05, 4.69) is 19.2 Å². The molecule has 0 amide bonds. The number of para-hydroxylation sites is 1. The molecule has 1 saturated carbocycles. The van der Waals surface area contributed by atoms with E-state index >= 15 is 0 Å². The number of hydrogen-bond acceptors (Lipinski definition) is 1. The Morgan fingerprint density at radius 1 is 1.21 bits per heavy atom. The average Bonchev–Trinajstić information content (AvgIpc) is 2.34. The third kappa shape index (κ3) is 4.29. The van der Waals surface area contributed by atoms with E-state index in [9.17, 15) is 0 Å². The quantitative estimate of drug-likeness (QED) is 0.718. The maximum atomic E-state index is 6.22. The first-order chi connectivity index (χ1) is 9.06. The van der Waals surface area contributed by atoms with Gasteiger partial charge < -0.3 is 5.32 Å². The first-order valence-electron chi connectivity index (χ1n) is 7.26. The van der Waals surface area contributed by atoms with Crippen molar-refractivity contribution in [1.82, 2.24) is 0 Å². The van der Waals surface area contributed by atoms with Crippen LogP contribution in [-0.2, 0) is 0 Å². The number of anilines is 1. The largest absolute Gasteiger partial charge is 0.380 e. The molecule has 2 rings (SSSR count). The van der Waals surface area contributed by atoms with E-state index in [1.807, 2.05) is 18.2 Å². The van der Waals surface area contributed by atoms with Gasteiger partial charge in [0.25, 0.3) is 0 Å². The number of hydrogen-bond donors (Lipinski definition) is 1. The zero-order valence-electron chi connectivity index (χ0n) is 11.8. The lowest BCUT2D eigenvalue weighted by molar-refractivity contribution is 0.289. The Morgan fingerprint density at radius 2 is 1.89 bits per heavy atom. The Hall–Kier alpha value is -0.400. The first kappa shape index (κ1) is 15.0. The van der Waals surface area contributed by atoms with Crippen LogP contribution in [0.4, 0.5) is 5.69 Å². The van der Waals surface area contributed by atoms with Crippen LogP contribution in [0.15, 0.2) is 18.2 Å². The van der Waals surface area contributed by atoms with E-state index in [1.54, 1.807) is 0 Å². The number of nitrogens with one attached hydrogen (secondary N) is 1. The van der Waals surface area contributed by atoms with Gasteiger partial charge in [0, 0.05) is 6.04 Å². The van der Waals surface area contributed by atoms with Gasteiger partial charge in [-0.05, 0) is 43.2 Å². The Morgan fingerprint density at radius 3 is 2.53 bits per heavy atom. The monoisotopic (exact) mass is 299 g/mol. The Kier molecular flexibility index (Phi) is 5.41. The lowest BCUT2D eigenvalue weighted by Crippen LogP contribution is -2.28. The molecule has 0 saturated heterocycles. The highest BCUT2D eigenvalue weighted by Gasteiger charge is 2.23. The topological polar surface area (TPSA) is 12.0 Å². The molecule has 1 N–H and O–H groups in total. The third-order valence-corrected chi connectivity index (χ3v) is 4.53. The van der Waals surface area contributed by atoms with Crippen LogP contribution in [-0.4, -0.2) is 6.04 Å². The molecule has 0 aromatic heterocycles. The van der Waals surface area contributed by atoms with Crippen LogP contribution >= 0.6 is 23.2 Å². The average molecular weight is 300 g/mol. The predicted octanol–water partition coefficient (Wildman–Crippen LogP) is 6.01. The Balaban J connectivity index is 1.99. The van der Waals surface area contributed by atoms with Gasteiger partial charge in [0.05, 0.1) is 15.7 Å². The molecule has 19 heavy (non-hydrogen) atoms. The molecule has 1 aromatic rings. The van der Waals surface area contributed by atoms with Crippen molar-refractivity contribution in [2.24, 2.45) is 11.8 Å². The molecule has 0 spiro atoms. The van der Waals surface area contributed by atoms with E-state index in [4.69, 9.17) is 23.2 Å². The second-order valence-corrected chi connectivity index (χ2v) is 6.91. The molecule has 0 radical (unpaired) electrons. The molecular formula is C16H23Cl2N. The van der Waals surface area contributed by atoms with Gasteiger partial charge in [-0.25, -0.2) is 0 Å². The van der Waals surface area contributed by atoms with Crippen molar-refractivity contribution >= 4 is 28.9 Å². The Labute approximate surface area is 126 Å². The van der Waals surface area contributed by atoms with Crippen LogP contribution in [0, 0.1) is 11.8 Å². The van der Waals surface area contributed by atoms with E-state index in [0.717, 1.165) is 27.6 Å². The molecule has 1 aliphatic rings. The number of halogens is 2. The Bertz CT molecular complexity index is 397. The van der Waals surface area contributed by atoms with Gasteiger partial charge in [-0.1, -0.05) is 56.0 Å². The normalized spacial score (nSPS) is 23.6. The molecule has 1 aliphatic carbocycles. The van der Waals surface area contributed by atoms with Crippen molar-refractivity contribution in [2.75, 3.05) is 5.32 Å². The number of rotatable bonds is 4. The SMILES string of the molecule is CC(C)CC1CCCC(Nc2c(Cl)cccc2Cl)C1. The molecule has 1 aromatic carbocycles. The van der Waals surface area contributed by atoms with Crippen LogP contribution in [0.25, 0.3) is 0 Å². The second kappa shape index (κ2) is 6.85. The van der Waals surface area contributed by atoms with Gasteiger partial charge in [0.15, 0.2) is 0 Å². The summed E-state index contributed by atoms with van der Waals surface area (Å²) >= 11 is 12.4. The van der Waals surface area contributed by atoms with Crippen LogP contribution in [0.1, 0.15) is 46.0 Å². The second-order valence-electron chi connectivity index (χ2n) is 6.10. The minimum Gasteiger partial charge on any atom is -0.380 e. The molecule has 3 heteroatoms. The molecule has 0 heterocycles. The molecule has 0 bridgehead atoms. The van der Waals surface area contributed by atoms with E-state index < -0.39 is 0 Å². The summed E-state index contributed by atoms with van der Waals surface area (Å²) in [6.07, 6.45) is 6.45. The molecule has 2 unspecified atom stereocenters. The number of benzene rings is 1. The summed E-state index contributed by atoms with van der Waals surface area (Å²) in [7, 11) is 0. The maximum absolute atomic E-state index is 6.22. The van der Waals surface area contributed by atoms with Crippen molar-refractivity contribution in [2.45, 2.75) is 52.0 Å². The summed E-state index contributed by atoms with van der Waals surface area (Å²) in [5.74, 6) is 1.63. The summed E-state index contributed by atoms with van der Waals surface area (Å²) in [5.41, 5.74) is 0.904. The molecule has 0 aliphatic heterocycles. The summed E-state index contributed by atoms with van der Waals surface area (Å²) in [5, 5.41) is 5.00. The predicted molar refractivity (Wildman–Crippen MR) is 85.3 cm³/mol. The summed E-state index contributed by atoms with van der Waals surface area (Å²) in [6.45, 7) is 4.62. The van der Waals surface area contributed by atoms with E-state index in [1.165, 1.54) is 32.1 Å². The van der Waals surface area contributed by atoms with Crippen molar-refractivity contribution in [3.8, 4) is 0 Å². The minimum absolute atomic E-state index is 0.509. The van der Waals surface area contributed by atoms with Crippen molar-refractivity contribution < 1.29 is 0 Å². The molecular weight excluding hydrogens is 277 g/mol. The van der Waals surface area contributed by atoms with Gasteiger partial charge in [0.1, 0.15) is 0 Å². The van der Waals surface area contributed by atoms with E-state index in [0.29, 0.717) is 6.04 Å². The smallest absolute Gasteiger partial charge is 0.0721 e. The standard InChI is InChI=1S/C16H23Cl2N/c1-11(2)9-12-5-3-6-13(10-12)19-16-14(17)7-4-8-15(16)18/h4,7-8,11-13,19H,3,5-6,9-10H2,1-2H3. The van der Waals surface area contributed by atoms with Gasteiger partial charge in [0.2, 0.25) is 0 Å². The van der Waals surface area contributed by atoms with Gasteiger partial charge in [-0.3, -0.25) is 0 Å². The van der Waals surface area contributed by atoms with E-state index in [-0.39, 0.29) is 0 Å².